The molecule has 9 heteroatoms. The number of carbonyl (C=O) groups is 1. The lowest BCUT2D eigenvalue weighted by atomic mass is 10.2. The van der Waals surface area contributed by atoms with Crippen molar-refractivity contribution in [3.05, 3.63) is 47.0 Å². The highest BCUT2D eigenvalue weighted by molar-refractivity contribution is 7.89. The SMILES string of the molecule is COc1ccc(NC(=O)COc2ccc(Cl)cc2C)cc1S(=O)(=O)N1CCCCC1. The average Bonchev–Trinajstić information content (AvgIpc) is 2.73. The number of nitrogens with zero attached hydrogens (tertiary/aromatic N) is 1. The van der Waals surface area contributed by atoms with Crippen LogP contribution in [0.25, 0.3) is 0 Å². The number of methoxy groups -OCH3 is 1. The number of hydrogen-bond acceptors (Lipinski definition) is 5. The zero-order valence-corrected chi connectivity index (χ0v) is 18.6. The van der Waals surface area contributed by atoms with Gasteiger partial charge in [-0.15, -0.1) is 0 Å². The van der Waals surface area contributed by atoms with Gasteiger partial charge in [0.2, 0.25) is 10.0 Å². The van der Waals surface area contributed by atoms with Crippen molar-refractivity contribution in [1.82, 2.24) is 4.31 Å². The number of halogens is 1. The van der Waals surface area contributed by atoms with E-state index in [1.54, 1.807) is 24.3 Å². The van der Waals surface area contributed by atoms with E-state index in [-0.39, 0.29) is 17.3 Å². The quantitative estimate of drug-likeness (QED) is 0.689. The van der Waals surface area contributed by atoms with E-state index in [2.05, 4.69) is 5.32 Å². The highest BCUT2D eigenvalue weighted by atomic mass is 35.5. The normalized spacial score (nSPS) is 14.9. The van der Waals surface area contributed by atoms with Gasteiger partial charge in [0.25, 0.3) is 5.91 Å². The van der Waals surface area contributed by atoms with Gasteiger partial charge in [-0.3, -0.25) is 4.79 Å². The van der Waals surface area contributed by atoms with Crippen LogP contribution in [0.4, 0.5) is 5.69 Å². The van der Waals surface area contributed by atoms with Gasteiger partial charge >= 0.3 is 0 Å². The highest BCUT2D eigenvalue weighted by Gasteiger charge is 2.29. The summed E-state index contributed by atoms with van der Waals surface area (Å²) in [4.78, 5) is 12.4. The maximum absolute atomic E-state index is 13.1. The summed E-state index contributed by atoms with van der Waals surface area (Å²) in [5.74, 6) is 0.389. The Morgan fingerprint density at radius 2 is 1.80 bits per heavy atom. The Labute approximate surface area is 182 Å². The maximum atomic E-state index is 13.1. The van der Waals surface area contributed by atoms with Gasteiger partial charge in [-0.25, -0.2) is 8.42 Å². The number of aryl methyl sites for hydroxylation is 1. The van der Waals surface area contributed by atoms with Gasteiger partial charge in [0.05, 0.1) is 7.11 Å². The molecule has 2 aromatic rings. The van der Waals surface area contributed by atoms with Crippen molar-refractivity contribution in [3.8, 4) is 11.5 Å². The first kappa shape index (κ1) is 22.4. The van der Waals surface area contributed by atoms with Crippen LogP contribution >= 0.6 is 11.6 Å². The molecule has 30 heavy (non-hydrogen) atoms. The maximum Gasteiger partial charge on any atom is 0.262 e. The van der Waals surface area contributed by atoms with Gasteiger partial charge in [-0.1, -0.05) is 18.0 Å². The fourth-order valence-electron chi connectivity index (χ4n) is 3.32. The molecule has 7 nitrogen and oxygen atoms in total. The summed E-state index contributed by atoms with van der Waals surface area (Å²) in [6.45, 7) is 2.58. The second-order valence-corrected chi connectivity index (χ2v) is 9.42. The minimum atomic E-state index is -3.71. The Morgan fingerprint density at radius 3 is 2.47 bits per heavy atom. The number of piperidine rings is 1. The number of amides is 1. The number of anilines is 1. The fraction of sp³-hybridized carbons (Fsp3) is 0.381. The smallest absolute Gasteiger partial charge is 0.262 e. The second kappa shape index (κ2) is 9.68. The van der Waals surface area contributed by atoms with Crippen LogP contribution < -0.4 is 14.8 Å². The topological polar surface area (TPSA) is 84.9 Å². The minimum Gasteiger partial charge on any atom is -0.495 e. The van der Waals surface area contributed by atoms with Crippen LogP contribution in [0.5, 0.6) is 11.5 Å². The molecule has 1 aliphatic heterocycles. The largest absolute Gasteiger partial charge is 0.495 e. The molecule has 1 saturated heterocycles. The van der Waals surface area contributed by atoms with Gasteiger partial charge in [-0.2, -0.15) is 4.31 Å². The monoisotopic (exact) mass is 452 g/mol. The first-order valence-corrected chi connectivity index (χ1v) is 11.5. The molecule has 0 aliphatic carbocycles. The Balaban J connectivity index is 1.73. The molecule has 2 aromatic carbocycles. The Kier molecular flexibility index (Phi) is 7.23. The summed E-state index contributed by atoms with van der Waals surface area (Å²) in [6, 6.07) is 9.69. The molecule has 0 aromatic heterocycles. The predicted octanol–water partition coefficient (Wildman–Crippen LogP) is 3.85. The van der Waals surface area contributed by atoms with E-state index in [4.69, 9.17) is 21.1 Å². The first-order valence-electron chi connectivity index (χ1n) is 9.68. The molecule has 0 radical (unpaired) electrons. The van der Waals surface area contributed by atoms with Gasteiger partial charge in [0.15, 0.2) is 6.61 Å². The zero-order valence-electron chi connectivity index (χ0n) is 17.0. The molecular weight excluding hydrogens is 428 g/mol. The summed E-state index contributed by atoms with van der Waals surface area (Å²) in [7, 11) is -2.29. The molecule has 0 atom stereocenters. The van der Waals surface area contributed by atoms with Crippen LogP contribution in [0.2, 0.25) is 5.02 Å². The molecule has 0 spiro atoms. The number of hydrogen-bond donors (Lipinski definition) is 1. The van der Waals surface area contributed by atoms with Crippen LogP contribution in [0.3, 0.4) is 0 Å². The van der Waals surface area contributed by atoms with Crippen molar-refractivity contribution < 1.29 is 22.7 Å². The van der Waals surface area contributed by atoms with Crippen LogP contribution in [-0.2, 0) is 14.8 Å². The molecular formula is C21H25ClN2O5S. The number of benzene rings is 2. The van der Waals surface area contributed by atoms with E-state index in [0.29, 0.717) is 29.5 Å². The summed E-state index contributed by atoms with van der Waals surface area (Å²) < 4.78 is 38.4. The third-order valence-corrected chi connectivity index (χ3v) is 7.03. The van der Waals surface area contributed by atoms with Crippen molar-refractivity contribution in [2.45, 2.75) is 31.1 Å². The standard InChI is InChI=1S/C21H25ClN2O5S/c1-15-12-16(22)6-8-18(15)29-14-21(25)23-17-7-9-19(28-2)20(13-17)30(26,27)24-10-4-3-5-11-24/h6-9,12-13H,3-5,10-11,14H2,1-2H3,(H,23,25). The van der Waals surface area contributed by atoms with Crippen LogP contribution in [0, 0.1) is 6.92 Å². The lowest BCUT2D eigenvalue weighted by Gasteiger charge is -2.26. The van der Waals surface area contributed by atoms with E-state index in [0.717, 1.165) is 24.8 Å². The Hall–Kier alpha value is -2.29. The summed E-state index contributed by atoms with van der Waals surface area (Å²) in [5.41, 5.74) is 1.17. The zero-order chi connectivity index (χ0) is 21.7. The molecule has 0 bridgehead atoms. The highest BCUT2D eigenvalue weighted by Crippen LogP contribution is 2.31. The number of rotatable bonds is 7. The van der Waals surface area contributed by atoms with Crippen LogP contribution in [0.15, 0.2) is 41.3 Å². The van der Waals surface area contributed by atoms with Gasteiger partial charge < -0.3 is 14.8 Å². The number of ether oxygens (including phenoxy) is 2. The third-order valence-electron chi connectivity index (χ3n) is 4.88. The summed E-state index contributed by atoms with van der Waals surface area (Å²) in [6.07, 6.45) is 2.69. The second-order valence-electron chi connectivity index (χ2n) is 7.08. The van der Waals surface area contributed by atoms with Crippen molar-refractivity contribution in [2.75, 3.05) is 32.1 Å². The minimum absolute atomic E-state index is 0.0409. The average molecular weight is 453 g/mol. The fourth-order valence-corrected chi connectivity index (χ4v) is 5.24. The molecule has 1 heterocycles. The van der Waals surface area contributed by atoms with Crippen molar-refractivity contribution in [3.63, 3.8) is 0 Å². The molecule has 0 unspecified atom stereocenters. The van der Waals surface area contributed by atoms with E-state index >= 15 is 0 Å². The predicted molar refractivity (Wildman–Crippen MR) is 116 cm³/mol. The Bertz CT molecular complexity index is 1020. The Morgan fingerprint density at radius 1 is 1.10 bits per heavy atom. The van der Waals surface area contributed by atoms with Crippen molar-refractivity contribution in [2.24, 2.45) is 0 Å². The lowest BCUT2D eigenvalue weighted by Crippen LogP contribution is -2.35. The van der Waals surface area contributed by atoms with E-state index in [9.17, 15) is 13.2 Å². The van der Waals surface area contributed by atoms with Crippen molar-refractivity contribution >= 4 is 33.2 Å². The molecule has 1 N–H and O–H groups in total. The third kappa shape index (κ3) is 5.24. The van der Waals surface area contributed by atoms with E-state index < -0.39 is 15.9 Å². The van der Waals surface area contributed by atoms with Gasteiger partial charge in [-0.05, 0) is 61.7 Å². The number of nitrogens with one attached hydrogen (secondary N) is 1. The number of sulfonamides is 1. The molecule has 162 valence electrons. The summed E-state index contributed by atoms with van der Waals surface area (Å²) >= 11 is 5.92. The van der Waals surface area contributed by atoms with E-state index in [1.807, 2.05) is 6.92 Å². The van der Waals surface area contributed by atoms with Crippen LogP contribution in [-0.4, -0.2) is 45.4 Å². The van der Waals surface area contributed by atoms with Crippen LogP contribution in [0.1, 0.15) is 24.8 Å². The van der Waals surface area contributed by atoms with Gasteiger partial charge in [0, 0.05) is 23.8 Å². The summed E-state index contributed by atoms with van der Waals surface area (Å²) in [5, 5.41) is 3.27. The van der Waals surface area contributed by atoms with Gasteiger partial charge in [0.1, 0.15) is 16.4 Å². The molecule has 3 rings (SSSR count). The number of carbonyl (C=O) groups excluding carboxylic acids is 1. The first-order chi connectivity index (χ1) is 14.3. The van der Waals surface area contributed by atoms with E-state index in [1.165, 1.54) is 23.5 Å². The lowest BCUT2D eigenvalue weighted by molar-refractivity contribution is -0.118. The molecule has 0 saturated carbocycles. The molecule has 1 amide bonds. The van der Waals surface area contributed by atoms with Crippen molar-refractivity contribution in [1.29, 1.82) is 0 Å². The molecule has 1 aliphatic rings. The molecule has 1 fully saturated rings.